The number of fused-ring (bicyclic) bond motifs is 1. The number of ether oxygens (including phenoxy) is 2. The number of hydrogen-bond donors (Lipinski definition) is 2. The summed E-state index contributed by atoms with van der Waals surface area (Å²) in [6.45, 7) is 1.88. The van der Waals surface area contributed by atoms with Gasteiger partial charge < -0.3 is 15.2 Å². The van der Waals surface area contributed by atoms with Gasteiger partial charge in [-0.3, -0.25) is 10.1 Å². The van der Waals surface area contributed by atoms with E-state index in [1.807, 2.05) is 25.1 Å². The standard InChI is InChI=1S/C20H17Cl2N5O2/c1-10(18-14(21)8-24-9-15(18)22)29-12-3-4-16-13(6-12)19(27-26-16)11-5-17(28-2)20(23)25-7-11/h3-10H,1-2H3,(H2,23,25)(H,26,27)/t10-/m1/s1. The van der Waals surface area contributed by atoms with Gasteiger partial charge in [0.25, 0.3) is 0 Å². The second-order valence-electron chi connectivity index (χ2n) is 6.37. The normalized spacial score (nSPS) is 12.1. The van der Waals surface area contributed by atoms with Crippen LogP contribution in [0.3, 0.4) is 0 Å². The fourth-order valence-corrected chi connectivity index (χ4v) is 3.78. The van der Waals surface area contributed by atoms with E-state index in [0.717, 1.165) is 16.5 Å². The average Bonchev–Trinajstić information content (AvgIpc) is 3.11. The summed E-state index contributed by atoms with van der Waals surface area (Å²) < 4.78 is 11.4. The molecule has 0 saturated carbocycles. The number of nitrogens with zero attached hydrogens (tertiary/aromatic N) is 3. The van der Waals surface area contributed by atoms with Gasteiger partial charge in [-0.1, -0.05) is 23.2 Å². The molecule has 1 aromatic carbocycles. The van der Waals surface area contributed by atoms with Crippen molar-refractivity contribution in [3.63, 3.8) is 0 Å². The van der Waals surface area contributed by atoms with Crippen LogP contribution in [-0.4, -0.2) is 27.3 Å². The summed E-state index contributed by atoms with van der Waals surface area (Å²) in [5.41, 5.74) is 8.84. The first-order chi connectivity index (χ1) is 14.0. The summed E-state index contributed by atoms with van der Waals surface area (Å²) in [6.07, 6.45) is 4.37. The molecular weight excluding hydrogens is 413 g/mol. The Bertz CT molecular complexity index is 1170. The van der Waals surface area contributed by atoms with Crippen LogP contribution in [0.5, 0.6) is 11.5 Å². The Balaban J connectivity index is 1.70. The summed E-state index contributed by atoms with van der Waals surface area (Å²) in [5.74, 6) is 1.45. The number of aromatic nitrogens is 4. The van der Waals surface area contributed by atoms with Gasteiger partial charge >= 0.3 is 0 Å². The van der Waals surface area contributed by atoms with Crippen molar-refractivity contribution in [1.82, 2.24) is 20.2 Å². The number of nitrogens with two attached hydrogens (primary N) is 1. The molecule has 4 aromatic rings. The largest absolute Gasteiger partial charge is 0.493 e. The van der Waals surface area contributed by atoms with Crippen molar-refractivity contribution in [2.75, 3.05) is 12.8 Å². The van der Waals surface area contributed by atoms with Crippen molar-refractivity contribution in [2.24, 2.45) is 0 Å². The molecule has 3 heterocycles. The second kappa shape index (κ2) is 7.77. The number of hydrogen-bond acceptors (Lipinski definition) is 6. The molecular formula is C20H17Cl2N5O2. The first kappa shape index (κ1) is 19.3. The van der Waals surface area contributed by atoms with Gasteiger partial charge in [0, 0.05) is 35.1 Å². The first-order valence-electron chi connectivity index (χ1n) is 8.71. The molecule has 4 rings (SSSR count). The zero-order chi connectivity index (χ0) is 20.5. The van der Waals surface area contributed by atoms with E-state index >= 15 is 0 Å². The van der Waals surface area contributed by atoms with E-state index < -0.39 is 0 Å². The summed E-state index contributed by atoms with van der Waals surface area (Å²) in [5, 5.41) is 9.20. The van der Waals surface area contributed by atoms with Gasteiger partial charge in [0.1, 0.15) is 17.5 Å². The number of nitrogens with one attached hydrogen (secondary N) is 1. The van der Waals surface area contributed by atoms with Crippen molar-refractivity contribution in [3.05, 3.63) is 58.5 Å². The fourth-order valence-electron chi connectivity index (χ4n) is 3.11. The highest BCUT2D eigenvalue weighted by Gasteiger charge is 2.17. The lowest BCUT2D eigenvalue weighted by Gasteiger charge is -2.17. The Morgan fingerprint density at radius 3 is 2.59 bits per heavy atom. The summed E-state index contributed by atoms with van der Waals surface area (Å²) in [7, 11) is 1.54. The van der Waals surface area contributed by atoms with Crippen LogP contribution in [0.4, 0.5) is 5.82 Å². The summed E-state index contributed by atoms with van der Waals surface area (Å²) in [6, 6.07) is 7.44. The lowest BCUT2D eigenvalue weighted by Crippen LogP contribution is -2.05. The molecule has 1 atom stereocenters. The molecule has 0 fully saturated rings. The lowest BCUT2D eigenvalue weighted by molar-refractivity contribution is 0.227. The molecule has 3 aromatic heterocycles. The number of nitrogen functional groups attached to an aromatic ring is 1. The fraction of sp³-hybridized carbons (Fsp3) is 0.150. The molecule has 0 spiro atoms. The molecule has 9 heteroatoms. The number of anilines is 1. The minimum Gasteiger partial charge on any atom is -0.493 e. The Morgan fingerprint density at radius 1 is 1.10 bits per heavy atom. The van der Waals surface area contributed by atoms with Crippen molar-refractivity contribution in [2.45, 2.75) is 13.0 Å². The number of halogens is 2. The van der Waals surface area contributed by atoms with Crippen LogP contribution in [0.2, 0.25) is 10.0 Å². The Labute approximate surface area is 176 Å². The Kier molecular flexibility index (Phi) is 5.17. The topological polar surface area (TPSA) is 98.9 Å². The molecule has 0 radical (unpaired) electrons. The van der Waals surface area contributed by atoms with Crippen LogP contribution in [-0.2, 0) is 0 Å². The van der Waals surface area contributed by atoms with E-state index in [9.17, 15) is 0 Å². The third-order valence-electron chi connectivity index (χ3n) is 4.52. The van der Waals surface area contributed by atoms with Crippen LogP contribution >= 0.6 is 23.2 Å². The molecule has 148 valence electrons. The van der Waals surface area contributed by atoms with Gasteiger partial charge in [-0.2, -0.15) is 5.10 Å². The highest BCUT2D eigenvalue weighted by Crippen LogP contribution is 2.35. The van der Waals surface area contributed by atoms with Crippen molar-refractivity contribution < 1.29 is 9.47 Å². The number of H-pyrrole nitrogens is 1. The number of pyridine rings is 2. The third-order valence-corrected chi connectivity index (χ3v) is 5.12. The first-order valence-corrected chi connectivity index (χ1v) is 9.47. The van der Waals surface area contributed by atoms with E-state index in [4.69, 9.17) is 38.4 Å². The van der Waals surface area contributed by atoms with E-state index in [1.165, 1.54) is 0 Å². The molecule has 0 aliphatic heterocycles. The highest BCUT2D eigenvalue weighted by atomic mass is 35.5. The van der Waals surface area contributed by atoms with Gasteiger partial charge in [-0.05, 0) is 31.2 Å². The minimum absolute atomic E-state index is 0.319. The molecule has 0 bridgehead atoms. The van der Waals surface area contributed by atoms with Crippen molar-refractivity contribution in [3.8, 4) is 22.8 Å². The molecule has 0 unspecified atom stereocenters. The third kappa shape index (κ3) is 3.66. The summed E-state index contributed by atoms with van der Waals surface area (Å²) >= 11 is 12.5. The van der Waals surface area contributed by atoms with Gasteiger partial charge in [0.15, 0.2) is 11.6 Å². The van der Waals surface area contributed by atoms with Crippen LogP contribution in [0, 0.1) is 0 Å². The molecule has 0 amide bonds. The number of benzene rings is 1. The quantitative estimate of drug-likeness (QED) is 0.459. The SMILES string of the molecule is COc1cc(-c2n[nH]c3ccc(O[C@H](C)c4c(Cl)cncc4Cl)cc23)cnc1N. The zero-order valence-electron chi connectivity index (χ0n) is 15.6. The number of methoxy groups -OCH3 is 1. The van der Waals surface area contributed by atoms with Crippen molar-refractivity contribution >= 4 is 39.9 Å². The molecule has 0 aliphatic rings. The van der Waals surface area contributed by atoms with E-state index in [2.05, 4.69) is 20.2 Å². The molecule has 0 aliphatic carbocycles. The van der Waals surface area contributed by atoms with Crippen LogP contribution in [0.1, 0.15) is 18.6 Å². The maximum atomic E-state index is 6.24. The van der Waals surface area contributed by atoms with Crippen LogP contribution < -0.4 is 15.2 Å². The van der Waals surface area contributed by atoms with Crippen molar-refractivity contribution in [1.29, 1.82) is 0 Å². The molecule has 0 saturated heterocycles. The lowest BCUT2D eigenvalue weighted by atomic mass is 10.1. The predicted molar refractivity (Wildman–Crippen MR) is 114 cm³/mol. The smallest absolute Gasteiger partial charge is 0.166 e. The van der Waals surface area contributed by atoms with Gasteiger partial charge in [-0.15, -0.1) is 0 Å². The van der Waals surface area contributed by atoms with E-state index in [-0.39, 0.29) is 6.10 Å². The maximum absolute atomic E-state index is 6.24. The number of aromatic amines is 1. The molecule has 7 nitrogen and oxygen atoms in total. The highest BCUT2D eigenvalue weighted by molar-refractivity contribution is 6.35. The Morgan fingerprint density at radius 2 is 1.86 bits per heavy atom. The second-order valence-corrected chi connectivity index (χ2v) is 7.18. The maximum Gasteiger partial charge on any atom is 0.166 e. The summed E-state index contributed by atoms with van der Waals surface area (Å²) in [4.78, 5) is 8.15. The van der Waals surface area contributed by atoms with Crippen LogP contribution in [0.25, 0.3) is 22.2 Å². The monoisotopic (exact) mass is 429 g/mol. The number of rotatable bonds is 5. The molecule has 29 heavy (non-hydrogen) atoms. The van der Waals surface area contributed by atoms with E-state index in [1.54, 1.807) is 31.8 Å². The van der Waals surface area contributed by atoms with Gasteiger partial charge in [-0.25, -0.2) is 4.98 Å². The minimum atomic E-state index is -0.371. The van der Waals surface area contributed by atoms with Crippen LogP contribution in [0.15, 0.2) is 42.9 Å². The average molecular weight is 430 g/mol. The Hall–Kier alpha value is -3.03. The predicted octanol–water partition coefficient (Wildman–Crippen LogP) is 5.06. The van der Waals surface area contributed by atoms with Gasteiger partial charge in [0.2, 0.25) is 0 Å². The molecule has 3 N–H and O–H groups in total. The van der Waals surface area contributed by atoms with E-state index in [0.29, 0.717) is 38.6 Å². The zero-order valence-corrected chi connectivity index (χ0v) is 17.1. The van der Waals surface area contributed by atoms with Gasteiger partial charge in [0.05, 0.1) is 22.7 Å².